The molecule has 0 amide bonds. The van der Waals surface area contributed by atoms with Crippen LogP contribution in [0.3, 0.4) is 0 Å². The summed E-state index contributed by atoms with van der Waals surface area (Å²) in [7, 11) is 0. The summed E-state index contributed by atoms with van der Waals surface area (Å²) in [4.78, 5) is 22.0. The van der Waals surface area contributed by atoms with Gasteiger partial charge in [-0.15, -0.1) is 11.6 Å². The summed E-state index contributed by atoms with van der Waals surface area (Å²) < 4.78 is 9.98. The Bertz CT molecular complexity index is 2410. The number of hydrogen-bond donors (Lipinski definition) is 4. The predicted octanol–water partition coefficient (Wildman–Crippen LogP) is 8.42. The summed E-state index contributed by atoms with van der Waals surface area (Å²) in [6, 6.07) is 33.7. The van der Waals surface area contributed by atoms with Gasteiger partial charge in [0.15, 0.2) is 0 Å². The molecule has 58 heavy (non-hydrogen) atoms. The molecule has 9 nitrogen and oxygen atoms in total. The van der Waals surface area contributed by atoms with Gasteiger partial charge in [0, 0.05) is 46.5 Å². The van der Waals surface area contributed by atoms with Crippen molar-refractivity contribution in [3.05, 3.63) is 182 Å². The van der Waals surface area contributed by atoms with E-state index in [2.05, 4.69) is 6.58 Å². The standard InChI is InChI=1S/C11H10O2.C10H8O3.C10H12O.C9H12O2.C7H7Cl.Na.H2O/c1-7-3-4-9-8(2)6-11(12)13-10(9)5-7;1-6-4-10(12)13-9-5-7(11)2-3-8(6)9;1-7(2)9-5-4-8(3)6-10(9)11;1-6(2)8-4-3-7(10)5-9(8)11;8-6-7-4-2-1-3-5-7;;/h3-6H,1-2H3;2-5,11H,1H3;4-6,11H,1H2,2-3H3;3-6,10-11H,1-2H3;1-5H,6H2;;1H2/q;;;;;+1;/p-1. The van der Waals surface area contributed by atoms with E-state index in [4.69, 9.17) is 30.6 Å². The number of aryl methyl sites for hydroxylation is 4. The Labute approximate surface area is 366 Å². The fourth-order valence-corrected chi connectivity index (χ4v) is 5.51. The van der Waals surface area contributed by atoms with Crippen molar-refractivity contribution in [1.29, 1.82) is 0 Å². The topological polar surface area (TPSA) is 171 Å². The number of hydrogen-bond acceptors (Lipinski definition) is 9. The van der Waals surface area contributed by atoms with Crippen molar-refractivity contribution in [2.24, 2.45) is 0 Å². The molecule has 300 valence electrons. The van der Waals surface area contributed by atoms with Crippen molar-refractivity contribution in [3.63, 3.8) is 0 Å². The Morgan fingerprint density at radius 1 is 0.638 bits per heavy atom. The monoisotopic (exact) mass is 816 g/mol. The van der Waals surface area contributed by atoms with Crippen LogP contribution in [0, 0.1) is 27.7 Å². The van der Waals surface area contributed by atoms with Crippen LogP contribution < -0.4 is 40.8 Å². The summed E-state index contributed by atoms with van der Waals surface area (Å²) >= 11 is 5.53. The van der Waals surface area contributed by atoms with Crippen LogP contribution in [0.2, 0.25) is 0 Å². The van der Waals surface area contributed by atoms with Crippen LogP contribution in [0.25, 0.3) is 27.5 Å². The van der Waals surface area contributed by atoms with E-state index in [1.807, 2.05) is 109 Å². The molecule has 7 aromatic rings. The first-order valence-corrected chi connectivity index (χ1v) is 18.3. The Morgan fingerprint density at radius 3 is 1.60 bits per heavy atom. The van der Waals surface area contributed by atoms with Gasteiger partial charge in [-0.25, -0.2) is 9.59 Å². The smallest absolute Gasteiger partial charge is 0.870 e. The van der Waals surface area contributed by atoms with Gasteiger partial charge in [-0.3, -0.25) is 0 Å². The first kappa shape index (κ1) is 50.7. The third-order valence-corrected chi connectivity index (χ3v) is 8.60. The molecule has 0 aliphatic carbocycles. The summed E-state index contributed by atoms with van der Waals surface area (Å²) in [6.07, 6.45) is 0. The van der Waals surface area contributed by atoms with Crippen molar-refractivity contribution in [3.8, 4) is 23.0 Å². The predicted molar refractivity (Wildman–Crippen MR) is 230 cm³/mol. The molecule has 0 spiro atoms. The molecule has 5 aromatic carbocycles. The molecule has 11 heteroatoms. The van der Waals surface area contributed by atoms with Gasteiger partial charge in [0.1, 0.15) is 34.2 Å². The van der Waals surface area contributed by atoms with Gasteiger partial charge in [-0.1, -0.05) is 81.1 Å². The Morgan fingerprint density at radius 2 is 1.12 bits per heavy atom. The summed E-state index contributed by atoms with van der Waals surface area (Å²) in [5.41, 5.74) is 8.16. The zero-order valence-electron chi connectivity index (χ0n) is 34.2. The molecule has 0 aliphatic rings. The van der Waals surface area contributed by atoms with Gasteiger partial charge in [-0.2, -0.15) is 0 Å². The minimum absolute atomic E-state index is 0. The molecule has 2 heterocycles. The van der Waals surface area contributed by atoms with Gasteiger partial charge in [0.05, 0.1) is 0 Å². The third-order valence-electron chi connectivity index (χ3n) is 8.29. The van der Waals surface area contributed by atoms with Crippen LogP contribution in [0.15, 0.2) is 140 Å². The van der Waals surface area contributed by atoms with Gasteiger partial charge in [-0.05, 0) is 110 Å². The number of phenols is 4. The van der Waals surface area contributed by atoms with Crippen LogP contribution in [0.1, 0.15) is 65.6 Å². The molecule has 0 atom stereocenters. The van der Waals surface area contributed by atoms with Crippen molar-refractivity contribution < 1.29 is 64.3 Å². The average molecular weight is 817 g/mol. The third kappa shape index (κ3) is 15.9. The SMILES string of the molecule is C=C(C)c1ccc(C)cc1O.CC(C)c1ccc(O)cc1O.Cc1cc(=O)oc2cc(O)ccc12.Cc1ccc2c(C)cc(=O)oc2c1.ClCc1ccccc1.[Na+].[OH-]. The van der Waals surface area contributed by atoms with Gasteiger partial charge in [0.2, 0.25) is 0 Å². The second-order valence-electron chi connectivity index (χ2n) is 13.5. The molecule has 0 bridgehead atoms. The van der Waals surface area contributed by atoms with E-state index in [1.54, 1.807) is 30.3 Å². The Kier molecular flexibility index (Phi) is 21.4. The number of phenolic OH excluding ortho intramolecular Hbond substituents is 4. The van der Waals surface area contributed by atoms with Gasteiger partial charge in [0.25, 0.3) is 0 Å². The molecular weight excluding hydrogens is 767 g/mol. The number of allylic oxidation sites excluding steroid dienone is 1. The molecule has 5 N–H and O–H groups in total. The Hall–Kier alpha value is -5.29. The van der Waals surface area contributed by atoms with Crippen LogP contribution in [0.4, 0.5) is 0 Å². The zero-order chi connectivity index (χ0) is 41.5. The molecule has 0 fully saturated rings. The molecule has 2 aromatic heterocycles. The average Bonchev–Trinajstić information content (AvgIpc) is 3.12. The van der Waals surface area contributed by atoms with E-state index in [-0.39, 0.29) is 63.8 Å². The van der Waals surface area contributed by atoms with Crippen LogP contribution in [0.5, 0.6) is 23.0 Å². The van der Waals surface area contributed by atoms with Crippen molar-refractivity contribution in [2.75, 3.05) is 0 Å². The van der Waals surface area contributed by atoms with Gasteiger partial charge >= 0.3 is 40.8 Å². The minimum Gasteiger partial charge on any atom is -0.870 e. The number of aromatic hydroxyl groups is 4. The molecule has 0 saturated heterocycles. The Balaban J connectivity index is 0.000000363. The number of rotatable bonds is 3. The fourth-order valence-electron chi connectivity index (χ4n) is 5.34. The minimum atomic E-state index is -0.393. The second kappa shape index (κ2) is 24.5. The summed E-state index contributed by atoms with van der Waals surface area (Å²) in [5, 5.41) is 38.7. The van der Waals surface area contributed by atoms with E-state index in [0.717, 1.165) is 49.7 Å². The van der Waals surface area contributed by atoms with Crippen molar-refractivity contribution >= 4 is 39.1 Å². The summed E-state index contributed by atoms with van der Waals surface area (Å²) in [5.74, 6) is 1.59. The van der Waals surface area contributed by atoms with Gasteiger partial charge < -0.3 is 34.7 Å². The molecule has 0 aliphatic heterocycles. The second-order valence-corrected chi connectivity index (χ2v) is 13.8. The summed E-state index contributed by atoms with van der Waals surface area (Å²) in [6.45, 7) is 17.3. The van der Waals surface area contributed by atoms with E-state index in [0.29, 0.717) is 22.8 Å². The van der Waals surface area contributed by atoms with Crippen molar-refractivity contribution in [1.82, 2.24) is 0 Å². The molecular formula is C47H50ClNaO9. The van der Waals surface area contributed by atoms with E-state index in [9.17, 15) is 19.8 Å². The van der Waals surface area contributed by atoms with Crippen LogP contribution >= 0.6 is 11.6 Å². The zero-order valence-corrected chi connectivity index (χ0v) is 37.0. The number of halogens is 1. The quantitative estimate of drug-likeness (QED) is 0.0776. The molecule has 0 saturated carbocycles. The van der Waals surface area contributed by atoms with E-state index < -0.39 is 5.63 Å². The number of alkyl halides is 1. The van der Waals surface area contributed by atoms with Crippen LogP contribution in [-0.4, -0.2) is 25.9 Å². The normalized spacial score (nSPS) is 9.81. The van der Waals surface area contributed by atoms with E-state index >= 15 is 0 Å². The molecule has 7 rings (SSSR count). The molecule has 0 radical (unpaired) electrons. The first-order chi connectivity index (χ1) is 26.5. The first-order valence-electron chi connectivity index (χ1n) is 17.8. The largest absolute Gasteiger partial charge is 1.00 e. The van der Waals surface area contributed by atoms with Crippen LogP contribution in [-0.2, 0) is 5.88 Å². The fraction of sp³-hybridized carbons (Fsp3) is 0.191. The maximum Gasteiger partial charge on any atom is 1.00 e. The number of fused-ring (bicyclic) bond motifs is 2. The molecule has 0 unspecified atom stereocenters. The van der Waals surface area contributed by atoms with Crippen molar-refractivity contribution in [2.45, 2.75) is 60.3 Å². The number of benzene rings is 5. The van der Waals surface area contributed by atoms with E-state index in [1.165, 1.54) is 29.8 Å². The maximum atomic E-state index is 11.0. The maximum absolute atomic E-state index is 11.0.